The van der Waals surface area contributed by atoms with Gasteiger partial charge in [-0.05, 0) is 64.2 Å². The van der Waals surface area contributed by atoms with Crippen molar-refractivity contribution in [1.29, 1.82) is 0 Å². The molecule has 0 rings (SSSR count). The van der Waals surface area contributed by atoms with Gasteiger partial charge in [0.1, 0.15) is 0 Å². The molecule has 0 saturated heterocycles. The molecule has 6 heteroatoms. The zero-order valence-electron chi connectivity index (χ0n) is 52.0. The second kappa shape index (κ2) is 66.6. The fourth-order valence-electron chi connectivity index (χ4n) is 10.8. The Morgan fingerprint density at radius 2 is 0.649 bits per heavy atom. The minimum absolute atomic E-state index is 0.0113. The van der Waals surface area contributed by atoms with Gasteiger partial charge in [0.15, 0.2) is 0 Å². The molecule has 2 unspecified atom stereocenters. The number of rotatable bonds is 65. The topological polar surface area (TPSA) is 95.9 Å². The second-order valence-corrected chi connectivity index (χ2v) is 23.9. The summed E-state index contributed by atoms with van der Waals surface area (Å²) in [6.07, 6.45) is 85.0. The third-order valence-electron chi connectivity index (χ3n) is 16.2. The number of hydrogen-bond donors (Lipinski definition) is 3. The highest BCUT2D eigenvalue weighted by Crippen LogP contribution is 2.18. The summed E-state index contributed by atoms with van der Waals surface area (Å²) >= 11 is 0. The Bertz CT molecular complexity index is 1250. The van der Waals surface area contributed by atoms with E-state index in [2.05, 4.69) is 43.5 Å². The Morgan fingerprint density at radius 3 is 0.987 bits per heavy atom. The molecule has 3 N–H and O–H groups in total. The number of aliphatic hydroxyl groups is 2. The van der Waals surface area contributed by atoms with Gasteiger partial charge in [-0.1, -0.05) is 339 Å². The van der Waals surface area contributed by atoms with E-state index in [1.54, 1.807) is 6.08 Å². The Morgan fingerprint density at radius 1 is 0.364 bits per heavy atom. The molecular formula is C71H135NO5. The lowest BCUT2D eigenvalue weighted by molar-refractivity contribution is -0.143. The number of carbonyl (C=O) groups excluding carboxylic acids is 2. The van der Waals surface area contributed by atoms with Crippen LogP contribution in [0.3, 0.4) is 0 Å². The molecule has 0 aliphatic heterocycles. The first-order valence-electron chi connectivity index (χ1n) is 34.8. The summed E-state index contributed by atoms with van der Waals surface area (Å²) in [6, 6.07) is -0.631. The minimum Gasteiger partial charge on any atom is -0.466 e. The maximum atomic E-state index is 12.5. The van der Waals surface area contributed by atoms with Crippen LogP contribution < -0.4 is 5.32 Å². The molecular weight excluding hydrogens is 947 g/mol. The van der Waals surface area contributed by atoms with Crippen molar-refractivity contribution in [3.63, 3.8) is 0 Å². The summed E-state index contributed by atoms with van der Waals surface area (Å²) in [6.45, 7) is 4.93. The van der Waals surface area contributed by atoms with E-state index in [1.807, 2.05) is 6.08 Å². The first kappa shape index (κ1) is 75.1. The predicted molar refractivity (Wildman–Crippen MR) is 338 cm³/mol. The van der Waals surface area contributed by atoms with E-state index in [4.69, 9.17) is 4.74 Å². The maximum Gasteiger partial charge on any atom is 0.305 e. The first-order valence-corrected chi connectivity index (χ1v) is 34.8. The van der Waals surface area contributed by atoms with Crippen molar-refractivity contribution in [3.8, 4) is 0 Å². The number of aliphatic hydroxyl groups excluding tert-OH is 2. The number of unbranched alkanes of at least 4 members (excludes halogenated alkanes) is 50. The van der Waals surface area contributed by atoms with Crippen molar-refractivity contribution in [2.75, 3.05) is 13.2 Å². The van der Waals surface area contributed by atoms with Crippen molar-refractivity contribution in [2.45, 2.75) is 392 Å². The number of carbonyl (C=O) groups is 2. The molecule has 0 heterocycles. The van der Waals surface area contributed by atoms with Crippen LogP contribution in [0.4, 0.5) is 0 Å². The van der Waals surface area contributed by atoms with Crippen LogP contribution in [-0.4, -0.2) is 47.4 Å². The Kier molecular flexibility index (Phi) is 64.9. The molecule has 0 bridgehead atoms. The number of allylic oxidation sites excluding steroid dienone is 5. The highest BCUT2D eigenvalue weighted by Gasteiger charge is 2.18. The largest absolute Gasteiger partial charge is 0.466 e. The fourth-order valence-corrected chi connectivity index (χ4v) is 10.8. The Balaban J connectivity index is 3.45. The molecule has 0 saturated carbocycles. The molecule has 2 atom stereocenters. The normalized spacial score (nSPS) is 12.7. The highest BCUT2D eigenvalue weighted by molar-refractivity contribution is 5.76. The smallest absolute Gasteiger partial charge is 0.305 e. The van der Waals surface area contributed by atoms with Crippen LogP contribution in [0.5, 0.6) is 0 Å². The van der Waals surface area contributed by atoms with Gasteiger partial charge in [-0.25, -0.2) is 0 Å². The zero-order valence-corrected chi connectivity index (χ0v) is 52.0. The van der Waals surface area contributed by atoms with Crippen LogP contribution in [0.2, 0.25) is 0 Å². The third kappa shape index (κ3) is 63.1. The summed E-state index contributed by atoms with van der Waals surface area (Å²) in [4.78, 5) is 24.5. The molecule has 0 aromatic rings. The molecule has 0 aromatic heterocycles. The van der Waals surface area contributed by atoms with Crippen molar-refractivity contribution in [1.82, 2.24) is 5.32 Å². The predicted octanol–water partition coefficient (Wildman–Crippen LogP) is 22.3. The van der Waals surface area contributed by atoms with Crippen LogP contribution in [0, 0.1) is 0 Å². The van der Waals surface area contributed by atoms with E-state index < -0.39 is 12.1 Å². The van der Waals surface area contributed by atoms with E-state index in [0.717, 1.165) is 44.9 Å². The zero-order chi connectivity index (χ0) is 55.7. The average Bonchev–Trinajstić information content (AvgIpc) is 3.43. The molecule has 0 aromatic carbocycles. The first-order chi connectivity index (χ1) is 38.0. The molecule has 0 fully saturated rings. The van der Waals surface area contributed by atoms with Gasteiger partial charge >= 0.3 is 5.97 Å². The summed E-state index contributed by atoms with van der Waals surface area (Å²) in [5.74, 6) is -0.0564. The molecule has 77 heavy (non-hydrogen) atoms. The number of ether oxygens (including phenoxy) is 1. The van der Waals surface area contributed by atoms with Crippen molar-refractivity contribution >= 4 is 11.9 Å². The highest BCUT2D eigenvalue weighted by atomic mass is 16.5. The van der Waals surface area contributed by atoms with Crippen molar-refractivity contribution in [2.24, 2.45) is 0 Å². The number of nitrogens with one attached hydrogen (secondary N) is 1. The average molecular weight is 1080 g/mol. The summed E-state index contributed by atoms with van der Waals surface area (Å²) < 4.78 is 5.47. The molecule has 454 valence electrons. The van der Waals surface area contributed by atoms with E-state index in [1.165, 1.54) is 308 Å². The molecule has 0 aliphatic carbocycles. The fraction of sp³-hybridized carbons (Fsp3) is 0.887. The minimum atomic E-state index is -0.848. The molecule has 0 radical (unpaired) electrons. The van der Waals surface area contributed by atoms with Crippen molar-refractivity contribution < 1.29 is 24.5 Å². The SMILES string of the molecule is CCCCCCCCCCCCCCCCCCCCC/C=C/C(O)C(CO)NC(=O)CCCCCCCCCCCCC/C=C\C/C=C\CCCCCCCCCCCOC(=O)CCCCCCCCCCCCCC. The van der Waals surface area contributed by atoms with Crippen LogP contribution in [0.25, 0.3) is 0 Å². The summed E-state index contributed by atoms with van der Waals surface area (Å²) in [7, 11) is 0. The van der Waals surface area contributed by atoms with Crippen molar-refractivity contribution in [3.05, 3.63) is 36.5 Å². The van der Waals surface area contributed by atoms with Gasteiger partial charge in [0, 0.05) is 12.8 Å². The number of amides is 1. The van der Waals surface area contributed by atoms with Gasteiger partial charge in [0.25, 0.3) is 0 Å². The molecule has 0 aliphatic rings. The van der Waals surface area contributed by atoms with Gasteiger partial charge in [-0.3, -0.25) is 9.59 Å². The summed E-state index contributed by atoms with van der Waals surface area (Å²) in [5, 5.41) is 23.2. The maximum absolute atomic E-state index is 12.5. The second-order valence-electron chi connectivity index (χ2n) is 23.9. The van der Waals surface area contributed by atoms with Crippen LogP contribution in [0.1, 0.15) is 380 Å². The standard InChI is InChI=1S/C71H135NO5/c1-3-5-7-9-11-13-15-17-18-19-20-28-31-34-37-40-43-47-51-55-59-63-69(74)68(67-73)72-70(75)64-60-56-52-48-44-41-38-35-32-29-26-24-22-21-23-25-27-30-33-36-39-42-46-50-54-58-62-66-77-71(76)65-61-57-53-49-45-16-14-12-10-8-6-4-2/h21-22,25,27,59,63,68-69,73-74H,3-20,23-24,26,28-58,60-62,64-67H2,1-2H3,(H,72,75)/b22-21-,27-25-,63-59+. The van der Waals surface area contributed by atoms with Gasteiger partial charge < -0.3 is 20.3 Å². The number of esters is 1. The van der Waals surface area contributed by atoms with Gasteiger partial charge in [-0.15, -0.1) is 0 Å². The van der Waals surface area contributed by atoms with Crippen LogP contribution >= 0.6 is 0 Å². The lowest BCUT2D eigenvalue weighted by atomic mass is 10.0. The van der Waals surface area contributed by atoms with Crippen LogP contribution in [-0.2, 0) is 14.3 Å². The van der Waals surface area contributed by atoms with E-state index in [0.29, 0.717) is 19.4 Å². The third-order valence-corrected chi connectivity index (χ3v) is 16.2. The number of hydrogen-bond acceptors (Lipinski definition) is 5. The molecule has 6 nitrogen and oxygen atoms in total. The summed E-state index contributed by atoms with van der Waals surface area (Å²) in [5.41, 5.74) is 0. The quantitative estimate of drug-likeness (QED) is 0.0320. The Labute approximate surface area is 481 Å². The van der Waals surface area contributed by atoms with Gasteiger partial charge in [0.2, 0.25) is 5.91 Å². The lowest BCUT2D eigenvalue weighted by Gasteiger charge is -2.20. The molecule has 0 spiro atoms. The monoisotopic (exact) mass is 1080 g/mol. The lowest BCUT2D eigenvalue weighted by Crippen LogP contribution is -2.45. The Hall–Kier alpha value is -1.92. The van der Waals surface area contributed by atoms with E-state index in [-0.39, 0.29) is 18.5 Å². The van der Waals surface area contributed by atoms with E-state index >= 15 is 0 Å². The van der Waals surface area contributed by atoms with E-state index in [9.17, 15) is 19.8 Å². The van der Waals surface area contributed by atoms with Gasteiger partial charge in [0.05, 0.1) is 25.4 Å². The molecule has 1 amide bonds. The van der Waals surface area contributed by atoms with Gasteiger partial charge in [-0.2, -0.15) is 0 Å². The van der Waals surface area contributed by atoms with Crippen LogP contribution in [0.15, 0.2) is 36.5 Å².